The van der Waals surface area contributed by atoms with Gasteiger partial charge in [-0.05, 0) is 84.3 Å². The third-order valence-corrected chi connectivity index (χ3v) is 5.58. The minimum absolute atomic E-state index is 0.565. The molecule has 3 aromatic rings. The quantitative estimate of drug-likeness (QED) is 0.265. The van der Waals surface area contributed by atoms with Gasteiger partial charge in [0.05, 0.1) is 12.8 Å². The average Bonchev–Trinajstić information content (AvgIpc) is 3.23. The molecule has 0 saturated carbocycles. The minimum atomic E-state index is 0.565. The van der Waals surface area contributed by atoms with Gasteiger partial charge in [-0.25, -0.2) is 4.99 Å². The fourth-order valence-corrected chi connectivity index (χ4v) is 3.92. The molecule has 3 aromatic carbocycles. The summed E-state index contributed by atoms with van der Waals surface area (Å²) < 4.78 is 11.3. The van der Waals surface area contributed by atoms with E-state index in [4.69, 9.17) is 14.5 Å². The molecule has 0 fully saturated rings. The van der Waals surface area contributed by atoms with Crippen LogP contribution in [0.4, 0.5) is 5.69 Å². The predicted molar refractivity (Wildman–Crippen MR) is 121 cm³/mol. The van der Waals surface area contributed by atoms with Crippen LogP contribution in [-0.4, -0.2) is 13.0 Å². The normalized spacial score (nSPS) is 13.5. The molecule has 4 heteroatoms. The molecule has 0 atom stereocenters. The molecule has 29 heavy (non-hydrogen) atoms. The van der Waals surface area contributed by atoms with Crippen LogP contribution in [0.1, 0.15) is 17.5 Å². The highest BCUT2D eigenvalue weighted by Gasteiger charge is 2.11. The lowest BCUT2D eigenvalue weighted by Gasteiger charge is -2.07. The van der Waals surface area contributed by atoms with Gasteiger partial charge in [0.1, 0.15) is 11.5 Å². The van der Waals surface area contributed by atoms with Crippen molar-refractivity contribution in [3.8, 4) is 11.5 Å². The van der Waals surface area contributed by atoms with E-state index in [0.717, 1.165) is 28.5 Å². The van der Waals surface area contributed by atoms with E-state index in [1.54, 1.807) is 18.9 Å². The molecule has 0 bridgehead atoms. The SMILES string of the molecule is COc1ccc(S/C=C/C(=N/c2ccc3c(c2)CCC3)Oc2ccccc2)cc1. The maximum atomic E-state index is 6.04. The van der Waals surface area contributed by atoms with Crippen LogP contribution in [0, 0.1) is 0 Å². The Morgan fingerprint density at radius 1 is 0.897 bits per heavy atom. The fourth-order valence-electron chi connectivity index (χ4n) is 3.28. The molecule has 0 aliphatic heterocycles. The van der Waals surface area contributed by atoms with Crippen molar-refractivity contribution in [2.75, 3.05) is 7.11 Å². The number of aryl methyl sites for hydroxylation is 2. The van der Waals surface area contributed by atoms with E-state index in [-0.39, 0.29) is 0 Å². The van der Waals surface area contributed by atoms with Gasteiger partial charge in [0, 0.05) is 11.0 Å². The van der Waals surface area contributed by atoms with E-state index in [1.807, 2.05) is 66.1 Å². The van der Waals surface area contributed by atoms with E-state index in [2.05, 4.69) is 18.2 Å². The molecule has 0 heterocycles. The summed E-state index contributed by atoms with van der Waals surface area (Å²) >= 11 is 1.61. The highest BCUT2D eigenvalue weighted by Crippen LogP contribution is 2.27. The number of para-hydroxylation sites is 1. The summed E-state index contributed by atoms with van der Waals surface area (Å²) in [6.07, 6.45) is 5.45. The fraction of sp³-hybridized carbons (Fsp3) is 0.160. The van der Waals surface area contributed by atoms with Gasteiger partial charge < -0.3 is 9.47 Å². The molecule has 0 aromatic heterocycles. The summed E-state index contributed by atoms with van der Waals surface area (Å²) in [5, 5.41) is 2.00. The van der Waals surface area contributed by atoms with Crippen molar-refractivity contribution in [1.82, 2.24) is 0 Å². The molecule has 4 rings (SSSR count). The van der Waals surface area contributed by atoms with Crippen molar-refractivity contribution in [1.29, 1.82) is 0 Å². The summed E-state index contributed by atoms with van der Waals surface area (Å²) in [5.41, 5.74) is 3.78. The molecule has 0 radical (unpaired) electrons. The predicted octanol–water partition coefficient (Wildman–Crippen LogP) is 6.60. The summed E-state index contributed by atoms with van der Waals surface area (Å²) in [6, 6.07) is 24.2. The summed E-state index contributed by atoms with van der Waals surface area (Å²) in [4.78, 5) is 5.89. The van der Waals surface area contributed by atoms with E-state index >= 15 is 0 Å². The van der Waals surface area contributed by atoms with Crippen molar-refractivity contribution in [2.45, 2.75) is 24.2 Å². The standard InChI is InChI=1S/C25H23NO2S/c1-27-22-12-14-24(15-13-22)29-17-16-25(28-23-8-3-2-4-9-23)26-21-11-10-19-6-5-7-20(19)18-21/h2-4,8-18H,5-7H2,1H3/b17-16+,26-25-. The van der Waals surface area contributed by atoms with Gasteiger partial charge in [0.25, 0.3) is 0 Å². The molecule has 0 unspecified atom stereocenters. The minimum Gasteiger partial charge on any atom is -0.497 e. The molecule has 146 valence electrons. The van der Waals surface area contributed by atoms with Gasteiger partial charge in [-0.3, -0.25) is 0 Å². The highest BCUT2D eigenvalue weighted by atomic mass is 32.2. The topological polar surface area (TPSA) is 30.8 Å². The maximum Gasteiger partial charge on any atom is 0.220 e. The molecule has 3 nitrogen and oxygen atoms in total. The molecule has 1 aliphatic rings. The van der Waals surface area contributed by atoms with Crippen LogP contribution in [-0.2, 0) is 12.8 Å². The largest absolute Gasteiger partial charge is 0.497 e. The van der Waals surface area contributed by atoms with Gasteiger partial charge in [-0.1, -0.05) is 36.0 Å². The summed E-state index contributed by atoms with van der Waals surface area (Å²) in [5.74, 6) is 2.19. The van der Waals surface area contributed by atoms with Crippen molar-refractivity contribution in [3.05, 3.63) is 95.4 Å². The zero-order valence-electron chi connectivity index (χ0n) is 16.4. The van der Waals surface area contributed by atoms with Crippen LogP contribution in [0.15, 0.2) is 94.2 Å². The Balaban J connectivity index is 1.54. The van der Waals surface area contributed by atoms with Crippen LogP contribution in [0.5, 0.6) is 11.5 Å². The zero-order valence-corrected chi connectivity index (χ0v) is 17.2. The third-order valence-electron chi connectivity index (χ3n) is 4.76. The second-order valence-corrected chi connectivity index (χ2v) is 7.75. The number of ether oxygens (including phenoxy) is 2. The van der Waals surface area contributed by atoms with E-state index in [1.165, 1.54) is 24.0 Å². The Bertz CT molecular complexity index is 1010. The first-order valence-corrected chi connectivity index (χ1v) is 10.6. The lowest BCUT2D eigenvalue weighted by Crippen LogP contribution is -2.04. The Kier molecular flexibility index (Phi) is 6.32. The van der Waals surface area contributed by atoms with Gasteiger partial charge in [-0.15, -0.1) is 0 Å². The molecular weight excluding hydrogens is 378 g/mol. The smallest absolute Gasteiger partial charge is 0.220 e. The van der Waals surface area contributed by atoms with Crippen molar-refractivity contribution >= 4 is 23.3 Å². The molecule has 1 aliphatic carbocycles. The number of hydrogen-bond acceptors (Lipinski definition) is 4. The Labute approximate surface area is 176 Å². The Morgan fingerprint density at radius 2 is 1.69 bits per heavy atom. The average molecular weight is 402 g/mol. The van der Waals surface area contributed by atoms with E-state index < -0.39 is 0 Å². The Morgan fingerprint density at radius 3 is 2.48 bits per heavy atom. The maximum absolute atomic E-state index is 6.04. The zero-order chi connectivity index (χ0) is 19.9. The molecule has 0 spiro atoms. The highest BCUT2D eigenvalue weighted by molar-refractivity contribution is 8.02. The second-order valence-electron chi connectivity index (χ2n) is 6.77. The number of aliphatic imine (C=N–C) groups is 1. The number of methoxy groups -OCH3 is 1. The van der Waals surface area contributed by atoms with Gasteiger partial charge in [-0.2, -0.15) is 0 Å². The number of nitrogens with zero attached hydrogens (tertiary/aromatic N) is 1. The third kappa shape index (κ3) is 5.30. The van der Waals surface area contributed by atoms with Crippen molar-refractivity contribution in [3.63, 3.8) is 0 Å². The van der Waals surface area contributed by atoms with E-state index in [0.29, 0.717) is 5.90 Å². The van der Waals surface area contributed by atoms with Gasteiger partial charge >= 0.3 is 0 Å². The van der Waals surface area contributed by atoms with Gasteiger partial charge in [0.2, 0.25) is 5.90 Å². The first kappa shape index (κ1) is 19.3. The number of fused-ring (bicyclic) bond motifs is 1. The van der Waals surface area contributed by atoms with Crippen LogP contribution < -0.4 is 9.47 Å². The molecular formula is C25H23NO2S. The number of benzene rings is 3. The van der Waals surface area contributed by atoms with Crippen LogP contribution >= 0.6 is 11.8 Å². The van der Waals surface area contributed by atoms with Crippen LogP contribution in [0.2, 0.25) is 0 Å². The lowest BCUT2D eigenvalue weighted by molar-refractivity contribution is 0.414. The number of hydrogen-bond donors (Lipinski definition) is 0. The lowest BCUT2D eigenvalue weighted by atomic mass is 10.1. The molecule has 0 saturated heterocycles. The Hall–Kier alpha value is -2.98. The molecule has 0 amide bonds. The van der Waals surface area contributed by atoms with Gasteiger partial charge in [0.15, 0.2) is 0 Å². The molecule has 0 N–H and O–H groups in total. The van der Waals surface area contributed by atoms with Crippen LogP contribution in [0.25, 0.3) is 0 Å². The van der Waals surface area contributed by atoms with E-state index in [9.17, 15) is 0 Å². The summed E-state index contributed by atoms with van der Waals surface area (Å²) in [7, 11) is 1.67. The first-order chi connectivity index (χ1) is 14.3. The van der Waals surface area contributed by atoms with Crippen LogP contribution in [0.3, 0.4) is 0 Å². The monoisotopic (exact) mass is 401 g/mol. The second kappa shape index (κ2) is 9.48. The first-order valence-electron chi connectivity index (χ1n) is 9.71. The number of thioether (sulfide) groups is 1. The number of rotatable bonds is 6. The van der Waals surface area contributed by atoms with Crippen molar-refractivity contribution < 1.29 is 9.47 Å². The van der Waals surface area contributed by atoms with Crippen molar-refractivity contribution in [2.24, 2.45) is 4.99 Å². The summed E-state index contributed by atoms with van der Waals surface area (Å²) in [6.45, 7) is 0.